The highest BCUT2D eigenvalue weighted by atomic mass is 16.3. The number of aliphatic hydroxyl groups excluding tert-OH is 2. The highest BCUT2D eigenvalue weighted by molar-refractivity contribution is 6.24. The van der Waals surface area contributed by atoms with Gasteiger partial charge in [-0.1, -0.05) is 0 Å². The molecule has 0 radical (unpaired) electrons. The first-order valence-electron chi connectivity index (χ1n) is 12.7. The Labute approximate surface area is 229 Å². The van der Waals surface area contributed by atoms with Crippen LogP contribution in [0.5, 0.6) is 5.75 Å². The lowest BCUT2D eigenvalue weighted by Crippen LogP contribution is -2.65. The number of aromatic amines is 1. The number of phenols is 1. The summed E-state index contributed by atoms with van der Waals surface area (Å²) in [5, 5.41) is 55.4. The molecule has 1 aromatic heterocycles. The number of nitrogens with one attached hydrogen (secondary N) is 2. The van der Waals surface area contributed by atoms with Crippen LogP contribution < -0.4 is 16.0 Å². The number of carbonyl (C=O) groups is 3. The van der Waals surface area contributed by atoms with Crippen molar-refractivity contribution >= 4 is 34.6 Å². The predicted molar refractivity (Wildman–Crippen MR) is 144 cm³/mol. The number of aliphatic hydroxyl groups is 3. The summed E-state index contributed by atoms with van der Waals surface area (Å²) >= 11 is 0. The first-order chi connectivity index (χ1) is 18.8. The fourth-order valence-electron chi connectivity index (χ4n) is 6.40. The molecule has 1 aromatic carbocycles. The molecule has 1 heterocycles. The van der Waals surface area contributed by atoms with Gasteiger partial charge in [-0.2, -0.15) is 5.10 Å². The molecule has 3 aliphatic carbocycles. The molecule has 0 aliphatic heterocycles. The number of likely N-dealkylation sites (N-methyl/N-ethyl adjacent to an activating group) is 1. The Hall–Kier alpha value is -4.36. The monoisotopic (exact) mass is 552 g/mol. The number of aromatic nitrogens is 2. The van der Waals surface area contributed by atoms with Crippen LogP contribution in [0.15, 0.2) is 35.2 Å². The van der Waals surface area contributed by atoms with Gasteiger partial charge in [0.25, 0.3) is 5.91 Å². The number of nitrogens with two attached hydrogens (primary N) is 1. The lowest BCUT2D eigenvalue weighted by atomic mass is 9.57. The minimum atomic E-state index is -2.68. The number of fused-ring (bicyclic) bond motifs is 3. The van der Waals surface area contributed by atoms with Crippen molar-refractivity contribution in [3.63, 3.8) is 0 Å². The predicted octanol–water partition coefficient (Wildman–Crippen LogP) is 0.365. The number of carbonyl (C=O) groups excluding carboxylic acids is 3. The second kappa shape index (κ2) is 9.38. The molecule has 1 unspecified atom stereocenters. The van der Waals surface area contributed by atoms with Crippen molar-refractivity contribution in [3.8, 4) is 5.75 Å². The lowest BCUT2D eigenvalue weighted by Gasteiger charge is -2.50. The molecule has 13 heteroatoms. The number of H-pyrrole nitrogens is 1. The van der Waals surface area contributed by atoms with Crippen molar-refractivity contribution in [1.29, 1.82) is 0 Å². The number of amides is 1. The van der Waals surface area contributed by atoms with Crippen molar-refractivity contribution in [3.05, 3.63) is 52.1 Å². The van der Waals surface area contributed by atoms with Gasteiger partial charge in [0, 0.05) is 37.5 Å². The number of hydrogen-bond donors (Lipinski definition) is 7. The molecular weight excluding hydrogens is 520 g/mol. The van der Waals surface area contributed by atoms with E-state index in [0.717, 1.165) is 5.69 Å². The number of benzene rings is 1. The SMILES string of the molecule is CN(C)c1cc(NCc2ccn[nH]2)c(O)c2c1C[C@H]1C[C@H]3C(N(C)C)C(=O)C(C(N)=O)=C(O)[C@@]3(O)C(=O)C1=C2O. The summed E-state index contributed by atoms with van der Waals surface area (Å²) in [6.45, 7) is 0.286. The number of rotatable bonds is 6. The Kier molecular flexibility index (Phi) is 6.38. The second-order valence-electron chi connectivity index (χ2n) is 10.9. The number of Topliss-reactive ketones (excluding diaryl/α,β-unsaturated/α-hetero) is 2. The van der Waals surface area contributed by atoms with Gasteiger partial charge in [0.2, 0.25) is 5.78 Å². The van der Waals surface area contributed by atoms with Crippen LogP contribution in [0.3, 0.4) is 0 Å². The van der Waals surface area contributed by atoms with Crippen LogP contribution in [0.2, 0.25) is 0 Å². The molecule has 1 saturated carbocycles. The largest absolute Gasteiger partial charge is 0.508 e. The molecule has 40 heavy (non-hydrogen) atoms. The molecule has 13 nitrogen and oxygen atoms in total. The third-order valence-corrected chi connectivity index (χ3v) is 8.21. The second-order valence-corrected chi connectivity index (χ2v) is 10.9. The van der Waals surface area contributed by atoms with Crippen LogP contribution in [-0.4, -0.2) is 92.8 Å². The van der Waals surface area contributed by atoms with E-state index in [1.165, 1.54) is 4.90 Å². The average Bonchev–Trinajstić information content (AvgIpc) is 3.39. The van der Waals surface area contributed by atoms with E-state index in [9.17, 15) is 34.8 Å². The van der Waals surface area contributed by atoms with Crippen LogP contribution in [0.1, 0.15) is 23.2 Å². The van der Waals surface area contributed by atoms with Crippen LogP contribution in [0.4, 0.5) is 11.4 Å². The van der Waals surface area contributed by atoms with E-state index >= 15 is 0 Å². The Bertz CT molecular complexity index is 1490. The van der Waals surface area contributed by atoms with Gasteiger partial charge in [-0.25, -0.2) is 0 Å². The smallest absolute Gasteiger partial charge is 0.255 e. The van der Waals surface area contributed by atoms with E-state index < -0.39 is 58.0 Å². The molecule has 1 amide bonds. The molecule has 8 N–H and O–H groups in total. The molecule has 2 aromatic rings. The van der Waals surface area contributed by atoms with Gasteiger partial charge in [0.1, 0.15) is 22.8 Å². The highest BCUT2D eigenvalue weighted by Crippen LogP contribution is 2.54. The minimum Gasteiger partial charge on any atom is -0.508 e. The maximum atomic E-state index is 14.0. The zero-order valence-corrected chi connectivity index (χ0v) is 22.5. The molecular formula is C27H32N6O7. The Balaban J connectivity index is 1.69. The number of aromatic hydroxyl groups is 1. The summed E-state index contributed by atoms with van der Waals surface area (Å²) in [6, 6.07) is 2.37. The summed E-state index contributed by atoms with van der Waals surface area (Å²) in [7, 11) is 6.74. The normalized spacial score (nSPS) is 26.0. The van der Waals surface area contributed by atoms with Gasteiger partial charge in [-0.05, 0) is 50.6 Å². The molecule has 5 rings (SSSR count). The van der Waals surface area contributed by atoms with Crippen molar-refractivity contribution in [2.24, 2.45) is 17.6 Å². The van der Waals surface area contributed by atoms with Crippen LogP contribution >= 0.6 is 0 Å². The van der Waals surface area contributed by atoms with Gasteiger partial charge in [-0.3, -0.25) is 24.4 Å². The van der Waals surface area contributed by atoms with Crippen LogP contribution in [0.25, 0.3) is 5.76 Å². The number of ketones is 2. The standard InChI is InChI=1S/C27H32N6O7/c1-32(2)16-9-15(29-10-12-5-6-30-31-12)21(34)18-13(16)7-11-8-14-20(33(3)4)23(36)19(26(28)39)25(38)27(14,40)24(37)17(11)22(18)35/h5-6,9,11,14,20,29,34-35,38,40H,7-8,10H2,1-4H3,(H2,28,39)(H,30,31)/t11-,14-,20?,27-/m0/s1. The van der Waals surface area contributed by atoms with Gasteiger partial charge in [0.05, 0.1) is 29.5 Å². The number of nitrogens with zero attached hydrogens (tertiary/aromatic N) is 3. The summed E-state index contributed by atoms with van der Waals surface area (Å²) in [5.74, 6) is -6.83. The Morgan fingerprint density at radius 2 is 1.93 bits per heavy atom. The van der Waals surface area contributed by atoms with Gasteiger partial charge >= 0.3 is 0 Å². The van der Waals surface area contributed by atoms with Crippen LogP contribution in [-0.2, 0) is 27.3 Å². The first kappa shape index (κ1) is 27.2. The topological polar surface area (TPSA) is 205 Å². The highest BCUT2D eigenvalue weighted by Gasteiger charge is 2.64. The molecule has 1 fully saturated rings. The van der Waals surface area contributed by atoms with E-state index in [4.69, 9.17) is 5.73 Å². The van der Waals surface area contributed by atoms with Gasteiger partial charge < -0.3 is 36.4 Å². The summed E-state index contributed by atoms with van der Waals surface area (Å²) in [5.41, 5.74) is 3.98. The van der Waals surface area contributed by atoms with Crippen molar-refractivity contribution < 1.29 is 34.8 Å². The summed E-state index contributed by atoms with van der Waals surface area (Å²) in [4.78, 5) is 42.7. The maximum absolute atomic E-state index is 14.0. The first-order valence-corrected chi connectivity index (χ1v) is 12.7. The summed E-state index contributed by atoms with van der Waals surface area (Å²) < 4.78 is 0. The van der Waals surface area contributed by atoms with Crippen LogP contribution in [0, 0.1) is 11.8 Å². The maximum Gasteiger partial charge on any atom is 0.255 e. The molecule has 212 valence electrons. The third-order valence-electron chi connectivity index (χ3n) is 8.21. The summed E-state index contributed by atoms with van der Waals surface area (Å²) in [6.07, 6.45) is 1.82. The number of phenolic OH excluding ortho intramolecular Hbond substituents is 1. The van der Waals surface area contributed by atoms with Gasteiger partial charge in [0.15, 0.2) is 11.4 Å². The van der Waals surface area contributed by atoms with Crippen molar-refractivity contribution in [1.82, 2.24) is 15.1 Å². The fraction of sp³-hybridized carbons (Fsp3) is 0.407. The molecule has 3 aliphatic rings. The van der Waals surface area contributed by atoms with Crippen molar-refractivity contribution in [2.75, 3.05) is 38.4 Å². The average molecular weight is 553 g/mol. The minimum absolute atomic E-state index is 0.0228. The molecule has 0 saturated heterocycles. The van der Waals surface area contributed by atoms with E-state index in [1.807, 2.05) is 19.0 Å². The fourth-order valence-corrected chi connectivity index (χ4v) is 6.40. The Morgan fingerprint density at radius 3 is 2.50 bits per heavy atom. The molecule has 0 bridgehead atoms. The number of hydrogen-bond acceptors (Lipinski definition) is 11. The zero-order chi connectivity index (χ0) is 29.3. The molecule has 0 spiro atoms. The molecule has 4 atom stereocenters. The number of primary amides is 1. The third kappa shape index (κ3) is 3.76. The van der Waals surface area contributed by atoms with Gasteiger partial charge in [-0.15, -0.1) is 0 Å². The van der Waals surface area contributed by atoms with E-state index in [1.54, 1.807) is 32.4 Å². The quantitative estimate of drug-likeness (QED) is 0.192. The van der Waals surface area contributed by atoms with E-state index in [2.05, 4.69) is 15.5 Å². The Morgan fingerprint density at radius 1 is 1.23 bits per heavy atom. The lowest BCUT2D eigenvalue weighted by molar-refractivity contribution is -0.153. The van der Waals surface area contributed by atoms with Crippen molar-refractivity contribution in [2.45, 2.75) is 31.0 Å². The van der Waals surface area contributed by atoms with E-state index in [-0.39, 0.29) is 42.0 Å². The number of anilines is 2. The van der Waals surface area contributed by atoms with E-state index in [0.29, 0.717) is 11.3 Å². The zero-order valence-electron chi connectivity index (χ0n) is 22.5.